The molecule has 6 heteroatoms. The highest BCUT2D eigenvalue weighted by atomic mass is 16.5. The van der Waals surface area contributed by atoms with Gasteiger partial charge in [0.25, 0.3) is 5.91 Å². The van der Waals surface area contributed by atoms with Crippen LogP contribution in [0.25, 0.3) is 0 Å². The molecule has 24 heavy (non-hydrogen) atoms. The topological polar surface area (TPSA) is 84.5 Å². The largest absolute Gasteiger partial charge is 0.453 e. The predicted octanol–water partition coefficient (Wildman–Crippen LogP) is 2.87. The zero-order valence-corrected chi connectivity index (χ0v) is 13.9. The molecule has 2 rings (SSSR count). The van der Waals surface area contributed by atoms with E-state index in [9.17, 15) is 14.4 Å². The van der Waals surface area contributed by atoms with Gasteiger partial charge in [-0.3, -0.25) is 14.4 Å². The average molecular weight is 330 g/mol. The van der Waals surface area contributed by atoms with Gasteiger partial charge in [0.15, 0.2) is 6.10 Å². The first kappa shape index (κ1) is 17.7. The van der Waals surface area contributed by atoms with Crippen molar-refractivity contribution in [2.45, 2.75) is 39.2 Å². The molecule has 1 aliphatic carbocycles. The minimum absolute atomic E-state index is 0.163. The molecule has 0 saturated heterocycles. The van der Waals surface area contributed by atoms with Crippen LogP contribution < -0.4 is 10.6 Å². The van der Waals surface area contributed by atoms with Gasteiger partial charge < -0.3 is 15.4 Å². The van der Waals surface area contributed by atoms with E-state index in [1.807, 2.05) is 6.08 Å². The Bertz CT molecular complexity index is 637. The average Bonchev–Trinajstić information content (AvgIpc) is 3.01. The number of esters is 1. The lowest BCUT2D eigenvalue weighted by molar-refractivity contribution is -0.153. The van der Waals surface area contributed by atoms with E-state index in [2.05, 4.69) is 16.7 Å². The molecule has 1 aromatic carbocycles. The maximum atomic E-state index is 12.1. The highest BCUT2D eigenvalue weighted by molar-refractivity contribution is 5.95. The Hall–Kier alpha value is -2.63. The van der Waals surface area contributed by atoms with Gasteiger partial charge in [-0.15, -0.1) is 0 Å². The lowest BCUT2D eigenvalue weighted by Crippen LogP contribution is -2.30. The van der Waals surface area contributed by atoms with Crippen LogP contribution in [-0.2, 0) is 19.1 Å². The normalized spacial score (nSPS) is 17.2. The third kappa shape index (κ3) is 5.53. The number of anilines is 2. The highest BCUT2D eigenvalue weighted by Crippen LogP contribution is 2.21. The molecule has 1 aliphatic rings. The Labute approximate surface area is 141 Å². The van der Waals surface area contributed by atoms with Gasteiger partial charge in [0.2, 0.25) is 5.91 Å². The number of allylic oxidation sites excluding steroid dienone is 2. The summed E-state index contributed by atoms with van der Waals surface area (Å²) in [6, 6.07) is 6.70. The number of hydrogen-bond acceptors (Lipinski definition) is 4. The lowest BCUT2D eigenvalue weighted by atomic mass is 10.1. The van der Waals surface area contributed by atoms with Gasteiger partial charge >= 0.3 is 5.97 Å². The number of nitrogens with one attached hydrogen (secondary N) is 2. The Kier molecular flexibility index (Phi) is 6.12. The smallest absolute Gasteiger partial charge is 0.307 e. The Balaban J connectivity index is 1.81. The van der Waals surface area contributed by atoms with Crippen LogP contribution in [0.5, 0.6) is 0 Å². The van der Waals surface area contributed by atoms with Crippen molar-refractivity contribution in [3.8, 4) is 0 Å². The van der Waals surface area contributed by atoms with Crippen molar-refractivity contribution in [2.75, 3.05) is 10.6 Å². The molecule has 0 saturated carbocycles. The standard InChI is InChI=1S/C18H22N2O4/c1-12(24-17(22)11-14-5-3-4-6-14)18(23)20-16-9-7-15(8-10-16)19-13(2)21/h3,5,7-10,12,14H,4,6,11H2,1-2H3,(H,19,21)(H,20,23)/t12-,14+/m0/s1. The van der Waals surface area contributed by atoms with Crippen molar-refractivity contribution in [2.24, 2.45) is 5.92 Å². The molecule has 0 heterocycles. The van der Waals surface area contributed by atoms with Crippen molar-refractivity contribution in [3.05, 3.63) is 36.4 Å². The van der Waals surface area contributed by atoms with E-state index in [1.54, 1.807) is 31.2 Å². The van der Waals surface area contributed by atoms with Crippen molar-refractivity contribution < 1.29 is 19.1 Å². The number of hydrogen-bond donors (Lipinski definition) is 2. The van der Waals surface area contributed by atoms with Crippen molar-refractivity contribution in [1.29, 1.82) is 0 Å². The van der Waals surface area contributed by atoms with Gasteiger partial charge in [-0.2, -0.15) is 0 Å². The number of ether oxygens (including phenoxy) is 1. The fourth-order valence-electron chi connectivity index (χ4n) is 2.46. The summed E-state index contributed by atoms with van der Waals surface area (Å²) in [4.78, 5) is 34.9. The number of benzene rings is 1. The third-order valence-corrected chi connectivity index (χ3v) is 3.69. The predicted molar refractivity (Wildman–Crippen MR) is 91.4 cm³/mol. The van der Waals surface area contributed by atoms with Crippen LogP contribution in [0.1, 0.15) is 33.1 Å². The minimum Gasteiger partial charge on any atom is -0.453 e. The molecule has 0 spiro atoms. The summed E-state index contributed by atoms with van der Waals surface area (Å²) in [5.74, 6) is -0.702. The molecule has 0 aromatic heterocycles. The molecular formula is C18H22N2O4. The van der Waals surface area contributed by atoms with E-state index in [1.165, 1.54) is 6.92 Å². The summed E-state index contributed by atoms with van der Waals surface area (Å²) in [6.07, 6.45) is 5.46. The second kappa shape index (κ2) is 8.29. The van der Waals surface area contributed by atoms with Gasteiger partial charge in [0.05, 0.1) is 6.42 Å². The van der Waals surface area contributed by atoms with E-state index in [0.717, 1.165) is 12.8 Å². The van der Waals surface area contributed by atoms with Crippen LogP contribution in [0.3, 0.4) is 0 Å². The number of carbonyl (C=O) groups excluding carboxylic acids is 3. The maximum Gasteiger partial charge on any atom is 0.307 e. The molecule has 1 aromatic rings. The van der Waals surface area contributed by atoms with Crippen LogP contribution in [0, 0.1) is 5.92 Å². The van der Waals surface area contributed by atoms with Crippen LogP contribution in [0.2, 0.25) is 0 Å². The summed E-state index contributed by atoms with van der Waals surface area (Å²) in [7, 11) is 0. The molecule has 0 unspecified atom stereocenters. The third-order valence-electron chi connectivity index (χ3n) is 3.69. The first-order valence-electron chi connectivity index (χ1n) is 7.98. The van der Waals surface area contributed by atoms with Gasteiger partial charge in [-0.1, -0.05) is 12.2 Å². The Morgan fingerprint density at radius 3 is 2.33 bits per heavy atom. The van der Waals surface area contributed by atoms with Crippen molar-refractivity contribution in [3.63, 3.8) is 0 Å². The molecule has 0 fully saturated rings. The van der Waals surface area contributed by atoms with Gasteiger partial charge in [0.1, 0.15) is 0 Å². The highest BCUT2D eigenvalue weighted by Gasteiger charge is 2.21. The van der Waals surface area contributed by atoms with E-state index in [4.69, 9.17) is 4.74 Å². The molecule has 6 nitrogen and oxygen atoms in total. The van der Waals surface area contributed by atoms with Crippen molar-refractivity contribution in [1.82, 2.24) is 0 Å². The van der Waals surface area contributed by atoms with Crippen molar-refractivity contribution >= 4 is 29.2 Å². The number of amides is 2. The lowest BCUT2D eigenvalue weighted by Gasteiger charge is -2.15. The molecule has 0 aliphatic heterocycles. The molecule has 0 bridgehead atoms. The quantitative estimate of drug-likeness (QED) is 0.620. The first-order chi connectivity index (χ1) is 11.4. The second-order valence-electron chi connectivity index (χ2n) is 5.85. The number of rotatable bonds is 6. The Morgan fingerprint density at radius 1 is 1.17 bits per heavy atom. The monoisotopic (exact) mass is 330 g/mol. The van der Waals surface area contributed by atoms with Gasteiger partial charge in [-0.05, 0) is 49.9 Å². The fourth-order valence-corrected chi connectivity index (χ4v) is 2.46. The van der Waals surface area contributed by atoms with E-state index in [0.29, 0.717) is 17.8 Å². The van der Waals surface area contributed by atoms with Crippen LogP contribution >= 0.6 is 0 Å². The van der Waals surface area contributed by atoms with Crippen LogP contribution in [0.4, 0.5) is 11.4 Å². The van der Waals surface area contributed by atoms with E-state index < -0.39 is 12.0 Å². The summed E-state index contributed by atoms with van der Waals surface area (Å²) >= 11 is 0. The van der Waals surface area contributed by atoms with Crippen LogP contribution in [0.15, 0.2) is 36.4 Å². The van der Waals surface area contributed by atoms with E-state index in [-0.39, 0.29) is 17.8 Å². The summed E-state index contributed by atoms with van der Waals surface area (Å²) < 4.78 is 5.18. The minimum atomic E-state index is -0.863. The molecule has 2 N–H and O–H groups in total. The fraction of sp³-hybridized carbons (Fsp3) is 0.389. The van der Waals surface area contributed by atoms with Gasteiger partial charge in [-0.25, -0.2) is 0 Å². The molecular weight excluding hydrogens is 308 g/mol. The molecule has 2 atom stereocenters. The molecule has 2 amide bonds. The first-order valence-corrected chi connectivity index (χ1v) is 7.98. The SMILES string of the molecule is CC(=O)Nc1ccc(NC(=O)[C@H](C)OC(=O)C[C@@H]2C=CCC2)cc1. The zero-order valence-electron chi connectivity index (χ0n) is 13.9. The summed E-state index contributed by atoms with van der Waals surface area (Å²) in [5, 5.41) is 5.32. The second-order valence-corrected chi connectivity index (χ2v) is 5.85. The maximum absolute atomic E-state index is 12.1. The Morgan fingerprint density at radius 2 is 1.79 bits per heavy atom. The van der Waals surface area contributed by atoms with Crippen LogP contribution in [-0.4, -0.2) is 23.9 Å². The van der Waals surface area contributed by atoms with Gasteiger partial charge in [0, 0.05) is 18.3 Å². The summed E-state index contributed by atoms with van der Waals surface area (Å²) in [5.41, 5.74) is 1.21. The molecule has 128 valence electrons. The zero-order chi connectivity index (χ0) is 17.5. The molecule has 0 radical (unpaired) electrons. The van der Waals surface area contributed by atoms with E-state index >= 15 is 0 Å². The number of carbonyl (C=O) groups is 3. The summed E-state index contributed by atoms with van der Waals surface area (Å²) in [6.45, 7) is 2.97.